The average molecular weight is 264 g/mol. The number of cyclic esters (lactones) is 1. The Morgan fingerprint density at radius 2 is 2.05 bits per heavy atom. The van der Waals surface area contributed by atoms with E-state index in [0.29, 0.717) is 5.92 Å². The molecule has 0 radical (unpaired) electrons. The molecule has 1 saturated carbocycles. The molecule has 0 amide bonds. The zero-order valence-electron chi connectivity index (χ0n) is 11.6. The SMILES string of the molecule is C[C@@H]1CCC/C=C\[C@H]2CCC[C@@H]2[C@@H](O)/C=C/C(=O)O1. The molecule has 0 saturated heterocycles. The van der Waals surface area contributed by atoms with Crippen LogP contribution in [-0.4, -0.2) is 23.3 Å². The van der Waals surface area contributed by atoms with Crippen LogP contribution in [0.3, 0.4) is 0 Å². The Morgan fingerprint density at radius 3 is 2.89 bits per heavy atom. The first-order valence-corrected chi connectivity index (χ1v) is 7.40. The van der Waals surface area contributed by atoms with E-state index in [0.717, 1.165) is 38.5 Å². The van der Waals surface area contributed by atoms with Gasteiger partial charge in [0, 0.05) is 6.08 Å². The Labute approximate surface area is 115 Å². The first kappa shape index (κ1) is 14.3. The van der Waals surface area contributed by atoms with E-state index in [1.165, 1.54) is 6.08 Å². The lowest BCUT2D eigenvalue weighted by atomic mass is 9.90. The second kappa shape index (κ2) is 6.90. The number of hydrogen-bond acceptors (Lipinski definition) is 3. The van der Waals surface area contributed by atoms with Crippen LogP contribution in [0, 0.1) is 11.8 Å². The van der Waals surface area contributed by atoms with Crippen molar-refractivity contribution in [3.8, 4) is 0 Å². The topological polar surface area (TPSA) is 46.5 Å². The molecule has 4 atom stereocenters. The van der Waals surface area contributed by atoms with Crippen molar-refractivity contribution in [2.75, 3.05) is 0 Å². The van der Waals surface area contributed by atoms with Crippen LogP contribution in [0.4, 0.5) is 0 Å². The predicted molar refractivity (Wildman–Crippen MR) is 74.5 cm³/mol. The lowest BCUT2D eigenvalue weighted by Gasteiger charge is -2.20. The molecule has 19 heavy (non-hydrogen) atoms. The first-order chi connectivity index (χ1) is 9.16. The fourth-order valence-corrected chi connectivity index (χ4v) is 3.09. The molecule has 106 valence electrons. The van der Waals surface area contributed by atoms with Gasteiger partial charge >= 0.3 is 5.97 Å². The van der Waals surface area contributed by atoms with Crippen molar-refractivity contribution in [2.45, 2.75) is 57.7 Å². The normalized spacial score (nSPS) is 40.2. The van der Waals surface area contributed by atoms with Gasteiger partial charge < -0.3 is 9.84 Å². The first-order valence-electron chi connectivity index (χ1n) is 7.40. The van der Waals surface area contributed by atoms with Gasteiger partial charge in [0.15, 0.2) is 0 Å². The van der Waals surface area contributed by atoms with Gasteiger partial charge in [-0.3, -0.25) is 0 Å². The number of aliphatic hydroxyl groups is 1. The summed E-state index contributed by atoms with van der Waals surface area (Å²) in [6.07, 6.45) is 13.2. The van der Waals surface area contributed by atoms with E-state index in [-0.39, 0.29) is 18.0 Å². The summed E-state index contributed by atoms with van der Waals surface area (Å²) < 4.78 is 5.26. The molecule has 0 spiro atoms. The van der Waals surface area contributed by atoms with E-state index < -0.39 is 6.10 Å². The van der Waals surface area contributed by atoms with Gasteiger partial charge in [0.25, 0.3) is 0 Å². The number of rotatable bonds is 0. The van der Waals surface area contributed by atoms with Crippen LogP contribution in [0.1, 0.15) is 45.4 Å². The van der Waals surface area contributed by atoms with Crippen LogP contribution in [0.15, 0.2) is 24.3 Å². The Kier molecular flexibility index (Phi) is 5.20. The quantitative estimate of drug-likeness (QED) is 0.540. The van der Waals surface area contributed by atoms with Crippen molar-refractivity contribution in [1.29, 1.82) is 0 Å². The van der Waals surface area contributed by atoms with Gasteiger partial charge in [-0.05, 0) is 56.9 Å². The molecule has 1 heterocycles. The van der Waals surface area contributed by atoms with E-state index in [4.69, 9.17) is 4.74 Å². The Hall–Kier alpha value is -1.09. The monoisotopic (exact) mass is 264 g/mol. The third-order valence-electron chi connectivity index (χ3n) is 4.18. The van der Waals surface area contributed by atoms with Gasteiger partial charge in [-0.25, -0.2) is 4.79 Å². The summed E-state index contributed by atoms with van der Waals surface area (Å²) in [7, 11) is 0. The average Bonchev–Trinajstić information content (AvgIpc) is 2.83. The minimum atomic E-state index is -0.541. The smallest absolute Gasteiger partial charge is 0.330 e. The highest BCUT2D eigenvalue weighted by Gasteiger charge is 2.30. The molecular formula is C16H24O3. The van der Waals surface area contributed by atoms with Crippen LogP contribution in [0.2, 0.25) is 0 Å². The third kappa shape index (κ3) is 4.20. The number of esters is 1. The summed E-state index contributed by atoms with van der Waals surface area (Å²) in [5.74, 6) is 0.362. The number of ether oxygens (including phenoxy) is 1. The molecule has 0 aromatic carbocycles. The molecule has 1 aliphatic heterocycles. The number of carbonyl (C=O) groups excluding carboxylic acids is 1. The van der Waals surface area contributed by atoms with Gasteiger partial charge in [0.2, 0.25) is 0 Å². The van der Waals surface area contributed by atoms with Crippen molar-refractivity contribution < 1.29 is 14.6 Å². The van der Waals surface area contributed by atoms with Gasteiger partial charge in [-0.2, -0.15) is 0 Å². The zero-order valence-corrected chi connectivity index (χ0v) is 11.6. The van der Waals surface area contributed by atoms with E-state index in [9.17, 15) is 9.90 Å². The molecular weight excluding hydrogens is 240 g/mol. The fourth-order valence-electron chi connectivity index (χ4n) is 3.09. The number of carbonyl (C=O) groups is 1. The summed E-state index contributed by atoms with van der Waals surface area (Å²) in [4.78, 5) is 11.6. The summed E-state index contributed by atoms with van der Waals surface area (Å²) in [5, 5.41) is 10.2. The lowest BCUT2D eigenvalue weighted by Crippen LogP contribution is -2.21. The second-order valence-corrected chi connectivity index (χ2v) is 5.71. The van der Waals surface area contributed by atoms with E-state index in [1.807, 2.05) is 6.92 Å². The van der Waals surface area contributed by atoms with Crippen LogP contribution in [0.25, 0.3) is 0 Å². The number of allylic oxidation sites excluding steroid dienone is 2. The minimum absolute atomic E-state index is 0.0528. The Balaban J connectivity index is 2.08. The highest BCUT2D eigenvalue weighted by Crippen LogP contribution is 2.35. The van der Waals surface area contributed by atoms with E-state index >= 15 is 0 Å². The highest BCUT2D eigenvalue weighted by atomic mass is 16.5. The van der Waals surface area contributed by atoms with E-state index in [2.05, 4.69) is 12.2 Å². The van der Waals surface area contributed by atoms with Crippen molar-refractivity contribution in [1.82, 2.24) is 0 Å². The maximum absolute atomic E-state index is 11.6. The molecule has 0 unspecified atom stereocenters. The summed E-state index contributed by atoms with van der Waals surface area (Å²) in [6.45, 7) is 1.92. The van der Waals surface area contributed by atoms with Gasteiger partial charge in [0.05, 0.1) is 12.2 Å². The molecule has 3 heteroatoms. The Morgan fingerprint density at radius 1 is 1.21 bits per heavy atom. The molecule has 1 aliphatic carbocycles. The van der Waals surface area contributed by atoms with Crippen molar-refractivity contribution in [2.24, 2.45) is 11.8 Å². The molecule has 0 bridgehead atoms. The molecule has 1 N–H and O–H groups in total. The molecule has 0 aromatic rings. The summed E-state index contributed by atoms with van der Waals surface area (Å²) in [5.41, 5.74) is 0. The maximum atomic E-state index is 11.6. The van der Waals surface area contributed by atoms with Gasteiger partial charge in [-0.15, -0.1) is 0 Å². The zero-order chi connectivity index (χ0) is 13.7. The maximum Gasteiger partial charge on any atom is 0.330 e. The van der Waals surface area contributed by atoms with Crippen molar-refractivity contribution >= 4 is 5.97 Å². The highest BCUT2D eigenvalue weighted by molar-refractivity contribution is 5.82. The number of fused-ring (bicyclic) bond motifs is 1. The molecule has 2 rings (SSSR count). The van der Waals surface area contributed by atoms with Crippen LogP contribution in [0.5, 0.6) is 0 Å². The fraction of sp³-hybridized carbons (Fsp3) is 0.688. The number of hydrogen-bond donors (Lipinski definition) is 1. The number of aliphatic hydroxyl groups excluding tert-OH is 1. The van der Waals surface area contributed by atoms with Crippen LogP contribution in [-0.2, 0) is 9.53 Å². The van der Waals surface area contributed by atoms with Gasteiger partial charge in [0.1, 0.15) is 0 Å². The lowest BCUT2D eigenvalue weighted by molar-refractivity contribution is -0.142. The third-order valence-corrected chi connectivity index (χ3v) is 4.18. The molecule has 2 aliphatic rings. The molecule has 0 aromatic heterocycles. The largest absolute Gasteiger partial charge is 0.460 e. The second-order valence-electron chi connectivity index (χ2n) is 5.71. The minimum Gasteiger partial charge on any atom is -0.460 e. The van der Waals surface area contributed by atoms with Gasteiger partial charge in [-0.1, -0.05) is 18.6 Å². The summed E-state index contributed by atoms with van der Waals surface area (Å²) in [6, 6.07) is 0. The van der Waals surface area contributed by atoms with Crippen LogP contribution >= 0.6 is 0 Å². The van der Waals surface area contributed by atoms with E-state index in [1.54, 1.807) is 6.08 Å². The van der Waals surface area contributed by atoms with Crippen molar-refractivity contribution in [3.63, 3.8) is 0 Å². The standard InChI is InChI=1S/C16H24O3/c1-12-6-3-2-4-7-13-8-5-9-14(13)15(17)10-11-16(18)19-12/h4,7,10-15,17H,2-3,5-6,8-9H2,1H3/b7-4-,11-10+/t12-,13+,14+,15+/m1/s1. The summed E-state index contributed by atoms with van der Waals surface area (Å²) >= 11 is 0. The molecule has 1 fully saturated rings. The molecule has 3 nitrogen and oxygen atoms in total. The van der Waals surface area contributed by atoms with Crippen molar-refractivity contribution in [3.05, 3.63) is 24.3 Å². The Bertz CT molecular complexity index is 359. The predicted octanol–water partition coefficient (Wildman–Crippen LogP) is 2.99. The van der Waals surface area contributed by atoms with Crippen LogP contribution < -0.4 is 0 Å².